The lowest BCUT2D eigenvalue weighted by atomic mass is 10.1. The third-order valence-corrected chi connectivity index (χ3v) is 3.48. The SMILES string of the molecule is COc1ccc([C@@H](C)N)c(OCc2noc(C3CC3)n2)c1. The molecule has 2 aromatic rings. The molecule has 1 aromatic heterocycles. The van der Waals surface area contributed by atoms with Crippen LogP contribution in [-0.2, 0) is 6.61 Å². The fraction of sp³-hybridized carbons (Fsp3) is 0.467. The number of aromatic nitrogens is 2. The summed E-state index contributed by atoms with van der Waals surface area (Å²) in [6.07, 6.45) is 2.26. The highest BCUT2D eigenvalue weighted by atomic mass is 16.5. The van der Waals surface area contributed by atoms with E-state index in [9.17, 15) is 0 Å². The maximum absolute atomic E-state index is 5.96. The first-order chi connectivity index (χ1) is 10.2. The second-order valence-corrected chi connectivity index (χ2v) is 5.30. The van der Waals surface area contributed by atoms with Crippen LogP contribution in [0.1, 0.15) is 49.0 Å². The van der Waals surface area contributed by atoms with Gasteiger partial charge in [-0.05, 0) is 25.8 Å². The highest BCUT2D eigenvalue weighted by molar-refractivity contribution is 5.42. The van der Waals surface area contributed by atoms with E-state index in [0.717, 1.165) is 24.2 Å². The van der Waals surface area contributed by atoms with Crippen molar-refractivity contribution in [3.05, 3.63) is 35.5 Å². The molecule has 0 radical (unpaired) electrons. The lowest BCUT2D eigenvalue weighted by Crippen LogP contribution is -2.08. The van der Waals surface area contributed by atoms with Crippen molar-refractivity contribution >= 4 is 0 Å². The number of benzene rings is 1. The Kier molecular flexibility index (Phi) is 3.79. The van der Waals surface area contributed by atoms with Crippen molar-refractivity contribution in [1.82, 2.24) is 10.1 Å². The van der Waals surface area contributed by atoms with Crippen LogP contribution in [0.15, 0.2) is 22.7 Å². The molecule has 112 valence electrons. The smallest absolute Gasteiger partial charge is 0.229 e. The highest BCUT2D eigenvalue weighted by Gasteiger charge is 2.29. The van der Waals surface area contributed by atoms with E-state index >= 15 is 0 Å². The second-order valence-electron chi connectivity index (χ2n) is 5.30. The fourth-order valence-corrected chi connectivity index (χ4v) is 2.11. The van der Waals surface area contributed by atoms with E-state index in [-0.39, 0.29) is 12.6 Å². The molecule has 2 N–H and O–H groups in total. The molecule has 6 heteroatoms. The van der Waals surface area contributed by atoms with Crippen molar-refractivity contribution < 1.29 is 14.0 Å². The summed E-state index contributed by atoms with van der Waals surface area (Å²) in [5.74, 6) is 3.12. The third-order valence-electron chi connectivity index (χ3n) is 3.48. The zero-order valence-electron chi connectivity index (χ0n) is 12.2. The molecule has 1 aliphatic rings. The highest BCUT2D eigenvalue weighted by Crippen LogP contribution is 2.38. The van der Waals surface area contributed by atoms with Crippen molar-refractivity contribution in [2.24, 2.45) is 5.73 Å². The van der Waals surface area contributed by atoms with Gasteiger partial charge in [0.2, 0.25) is 11.7 Å². The fourth-order valence-electron chi connectivity index (χ4n) is 2.11. The lowest BCUT2D eigenvalue weighted by Gasteiger charge is -2.14. The zero-order valence-corrected chi connectivity index (χ0v) is 12.2. The molecule has 0 aliphatic heterocycles. The molecule has 0 bridgehead atoms. The Labute approximate surface area is 123 Å². The van der Waals surface area contributed by atoms with E-state index in [1.165, 1.54) is 0 Å². The van der Waals surface area contributed by atoms with E-state index < -0.39 is 0 Å². The van der Waals surface area contributed by atoms with Crippen LogP contribution >= 0.6 is 0 Å². The van der Waals surface area contributed by atoms with Gasteiger partial charge >= 0.3 is 0 Å². The molecule has 0 spiro atoms. The standard InChI is InChI=1S/C15H19N3O3/c1-9(16)12-6-5-11(19-2)7-13(12)20-8-14-17-15(21-18-14)10-3-4-10/h5-7,9-10H,3-4,8,16H2,1-2H3/t9-/m1/s1. The van der Waals surface area contributed by atoms with E-state index in [1.807, 2.05) is 25.1 Å². The molecule has 1 fully saturated rings. The van der Waals surface area contributed by atoms with Crippen molar-refractivity contribution in [3.8, 4) is 11.5 Å². The molecule has 0 saturated heterocycles. The molecule has 1 aromatic carbocycles. The largest absolute Gasteiger partial charge is 0.497 e. The zero-order chi connectivity index (χ0) is 14.8. The van der Waals surface area contributed by atoms with Crippen LogP contribution in [0.5, 0.6) is 11.5 Å². The molecular formula is C15H19N3O3. The first kappa shape index (κ1) is 13.9. The van der Waals surface area contributed by atoms with Gasteiger partial charge in [-0.2, -0.15) is 4.98 Å². The number of methoxy groups -OCH3 is 1. The number of hydrogen-bond acceptors (Lipinski definition) is 6. The molecule has 0 amide bonds. The van der Waals surface area contributed by atoms with Gasteiger partial charge in [-0.3, -0.25) is 0 Å². The van der Waals surface area contributed by atoms with Crippen LogP contribution in [0.25, 0.3) is 0 Å². The summed E-state index contributed by atoms with van der Waals surface area (Å²) in [5.41, 5.74) is 6.87. The van der Waals surface area contributed by atoms with Crippen LogP contribution < -0.4 is 15.2 Å². The first-order valence-electron chi connectivity index (χ1n) is 7.06. The van der Waals surface area contributed by atoms with Gasteiger partial charge in [0.15, 0.2) is 6.61 Å². The summed E-state index contributed by atoms with van der Waals surface area (Å²) in [5, 5.41) is 3.94. The number of nitrogens with two attached hydrogens (primary N) is 1. The molecule has 6 nitrogen and oxygen atoms in total. The minimum Gasteiger partial charge on any atom is -0.497 e. The first-order valence-corrected chi connectivity index (χ1v) is 7.06. The molecule has 1 heterocycles. The van der Waals surface area contributed by atoms with E-state index in [1.54, 1.807) is 7.11 Å². The molecule has 3 rings (SSSR count). The second kappa shape index (κ2) is 5.73. The maximum Gasteiger partial charge on any atom is 0.229 e. The average molecular weight is 289 g/mol. The molecule has 0 unspecified atom stereocenters. The molecule has 1 aliphatic carbocycles. The van der Waals surface area contributed by atoms with Gasteiger partial charge < -0.3 is 19.7 Å². The predicted molar refractivity (Wildman–Crippen MR) is 76.2 cm³/mol. The quantitative estimate of drug-likeness (QED) is 0.880. The van der Waals surface area contributed by atoms with Crippen LogP contribution in [-0.4, -0.2) is 17.3 Å². The van der Waals surface area contributed by atoms with E-state index in [2.05, 4.69) is 10.1 Å². The minimum atomic E-state index is -0.127. The topological polar surface area (TPSA) is 83.4 Å². The van der Waals surface area contributed by atoms with Gasteiger partial charge in [0.25, 0.3) is 0 Å². The van der Waals surface area contributed by atoms with Crippen LogP contribution in [0.3, 0.4) is 0 Å². The Morgan fingerprint density at radius 2 is 2.24 bits per heavy atom. The number of nitrogens with zero attached hydrogens (tertiary/aromatic N) is 2. The summed E-state index contributed by atoms with van der Waals surface area (Å²) in [7, 11) is 1.62. The van der Waals surface area contributed by atoms with Crippen molar-refractivity contribution in [2.75, 3.05) is 7.11 Å². The molecule has 21 heavy (non-hydrogen) atoms. The Morgan fingerprint density at radius 1 is 1.43 bits per heavy atom. The Bertz CT molecular complexity index is 620. The van der Waals surface area contributed by atoms with E-state index in [4.69, 9.17) is 19.7 Å². The van der Waals surface area contributed by atoms with E-state index in [0.29, 0.717) is 23.4 Å². The maximum atomic E-state index is 5.96. The van der Waals surface area contributed by atoms with Gasteiger partial charge in [-0.15, -0.1) is 0 Å². The van der Waals surface area contributed by atoms with Gasteiger partial charge in [0, 0.05) is 23.6 Å². The van der Waals surface area contributed by atoms with Gasteiger partial charge in [-0.25, -0.2) is 0 Å². The Balaban J connectivity index is 1.73. The predicted octanol–water partition coefficient (Wildman–Crippen LogP) is 2.55. The van der Waals surface area contributed by atoms with Gasteiger partial charge in [-0.1, -0.05) is 11.2 Å². The molecular weight excluding hydrogens is 270 g/mol. The lowest BCUT2D eigenvalue weighted by molar-refractivity contribution is 0.279. The number of rotatable bonds is 6. The van der Waals surface area contributed by atoms with Crippen molar-refractivity contribution in [2.45, 2.75) is 38.3 Å². The summed E-state index contributed by atoms with van der Waals surface area (Å²) < 4.78 is 16.2. The average Bonchev–Trinajstić information content (AvgIpc) is 3.23. The summed E-state index contributed by atoms with van der Waals surface area (Å²) in [4.78, 5) is 4.34. The Morgan fingerprint density at radius 3 is 2.90 bits per heavy atom. The van der Waals surface area contributed by atoms with Crippen molar-refractivity contribution in [3.63, 3.8) is 0 Å². The summed E-state index contributed by atoms with van der Waals surface area (Å²) >= 11 is 0. The molecule has 1 saturated carbocycles. The van der Waals surface area contributed by atoms with Crippen molar-refractivity contribution in [1.29, 1.82) is 0 Å². The Hall–Kier alpha value is -2.08. The monoisotopic (exact) mass is 289 g/mol. The minimum absolute atomic E-state index is 0.127. The third kappa shape index (κ3) is 3.16. The number of ether oxygens (including phenoxy) is 2. The molecule has 1 atom stereocenters. The van der Waals surface area contributed by atoms with Gasteiger partial charge in [0.05, 0.1) is 7.11 Å². The van der Waals surface area contributed by atoms with Crippen LogP contribution in [0.2, 0.25) is 0 Å². The normalized spacial score (nSPS) is 15.8. The van der Waals surface area contributed by atoms with Crippen LogP contribution in [0, 0.1) is 0 Å². The summed E-state index contributed by atoms with van der Waals surface area (Å²) in [6.45, 7) is 2.16. The number of hydrogen-bond donors (Lipinski definition) is 1. The van der Waals surface area contributed by atoms with Crippen LogP contribution in [0.4, 0.5) is 0 Å². The van der Waals surface area contributed by atoms with Gasteiger partial charge in [0.1, 0.15) is 11.5 Å². The summed E-state index contributed by atoms with van der Waals surface area (Å²) in [6, 6.07) is 5.47.